The van der Waals surface area contributed by atoms with Gasteiger partial charge in [0.2, 0.25) is 0 Å². The lowest BCUT2D eigenvalue weighted by Crippen LogP contribution is -2.35. The summed E-state index contributed by atoms with van der Waals surface area (Å²) in [6.07, 6.45) is 7.70. The Morgan fingerprint density at radius 2 is 2.13 bits per heavy atom. The minimum absolute atomic E-state index is 0.103. The Kier molecular flexibility index (Phi) is 3.69. The number of nitrogens with zero attached hydrogens (tertiary/aromatic N) is 1. The molecule has 0 saturated heterocycles. The van der Waals surface area contributed by atoms with Crippen molar-refractivity contribution in [1.29, 1.82) is 0 Å². The number of hydrogen-bond donors (Lipinski definition) is 2. The van der Waals surface area contributed by atoms with E-state index in [4.69, 9.17) is 0 Å². The van der Waals surface area contributed by atoms with E-state index < -0.39 is 0 Å². The second-order valence-electron chi connectivity index (χ2n) is 4.25. The van der Waals surface area contributed by atoms with Crippen LogP contribution in [-0.2, 0) is 6.54 Å². The summed E-state index contributed by atoms with van der Waals surface area (Å²) in [5.41, 5.74) is 1.25. The fraction of sp³-hybridized carbons (Fsp3) is 0.583. The van der Waals surface area contributed by atoms with Crippen LogP contribution >= 0.6 is 0 Å². The number of rotatable bonds is 3. The summed E-state index contributed by atoms with van der Waals surface area (Å²) in [6.45, 7) is 0.875. The molecule has 3 nitrogen and oxygen atoms in total. The minimum Gasteiger partial charge on any atom is -0.393 e. The molecule has 1 aliphatic carbocycles. The van der Waals surface area contributed by atoms with Crippen molar-refractivity contribution in [3.8, 4) is 0 Å². The molecule has 0 aliphatic heterocycles. The summed E-state index contributed by atoms with van der Waals surface area (Å²) in [7, 11) is 0. The van der Waals surface area contributed by atoms with Crippen LogP contribution in [0.15, 0.2) is 24.5 Å². The maximum absolute atomic E-state index is 9.53. The monoisotopic (exact) mass is 206 g/mol. The van der Waals surface area contributed by atoms with Crippen LogP contribution in [0.25, 0.3) is 0 Å². The molecule has 0 bridgehead atoms. The van der Waals surface area contributed by atoms with Gasteiger partial charge in [-0.2, -0.15) is 0 Å². The van der Waals surface area contributed by atoms with Gasteiger partial charge in [0, 0.05) is 25.0 Å². The number of hydrogen-bond acceptors (Lipinski definition) is 3. The topological polar surface area (TPSA) is 45.1 Å². The van der Waals surface area contributed by atoms with E-state index in [1.807, 2.05) is 24.5 Å². The molecule has 1 aromatic rings. The Balaban J connectivity index is 1.78. The van der Waals surface area contributed by atoms with Crippen molar-refractivity contribution in [3.63, 3.8) is 0 Å². The van der Waals surface area contributed by atoms with E-state index in [1.54, 1.807) is 0 Å². The highest BCUT2D eigenvalue weighted by Gasteiger charge is 2.19. The fourth-order valence-corrected chi connectivity index (χ4v) is 2.11. The van der Waals surface area contributed by atoms with Crippen molar-refractivity contribution >= 4 is 0 Å². The van der Waals surface area contributed by atoms with Gasteiger partial charge in [0.05, 0.1) is 6.10 Å². The lowest BCUT2D eigenvalue weighted by molar-refractivity contribution is 0.111. The molecule has 2 N–H and O–H groups in total. The first kappa shape index (κ1) is 10.6. The molecular formula is C12H18N2O. The maximum Gasteiger partial charge on any atom is 0.0555 e. The fourth-order valence-electron chi connectivity index (χ4n) is 2.11. The summed E-state index contributed by atoms with van der Waals surface area (Å²) in [5.74, 6) is 0. The van der Waals surface area contributed by atoms with Gasteiger partial charge in [-0.1, -0.05) is 0 Å². The smallest absolute Gasteiger partial charge is 0.0555 e. The molecule has 1 fully saturated rings. The van der Waals surface area contributed by atoms with Gasteiger partial charge in [-0.25, -0.2) is 0 Å². The predicted octanol–water partition coefficient (Wildman–Crippen LogP) is 1.47. The summed E-state index contributed by atoms with van der Waals surface area (Å²) >= 11 is 0. The van der Waals surface area contributed by atoms with Crippen LogP contribution in [0.1, 0.15) is 31.2 Å². The second kappa shape index (κ2) is 5.24. The Hall–Kier alpha value is -0.930. The van der Waals surface area contributed by atoms with Crippen LogP contribution in [0.4, 0.5) is 0 Å². The van der Waals surface area contributed by atoms with E-state index in [2.05, 4.69) is 10.3 Å². The Bertz CT molecular complexity index is 289. The SMILES string of the molecule is OC1CCCC(NCc2ccncc2)C1. The highest BCUT2D eigenvalue weighted by molar-refractivity contribution is 5.09. The molecule has 1 aromatic heterocycles. The molecule has 1 aliphatic rings. The molecule has 0 aromatic carbocycles. The standard InChI is InChI=1S/C12H18N2O/c15-12-3-1-2-11(8-12)14-9-10-4-6-13-7-5-10/h4-7,11-12,14-15H,1-3,8-9H2. The summed E-state index contributed by atoms with van der Waals surface area (Å²) in [5, 5.41) is 13.0. The van der Waals surface area contributed by atoms with Crippen LogP contribution in [0.5, 0.6) is 0 Å². The van der Waals surface area contributed by atoms with Crippen LogP contribution in [-0.4, -0.2) is 22.2 Å². The van der Waals surface area contributed by atoms with E-state index in [9.17, 15) is 5.11 Å². The van der Waals surface area contributed by atoms with E-state index in [1.165, 1.54) is 12.0 Å². The first-order chi connectivity index (χ1) is 7.34. The van der Waals surface area contributed by atoms with Crippen molar-refractivity contribution in [2.75, 3.05) is 0 Å². The van der Waals surface area contributed by atoms with Gasteiger partial charge in [0.15, 0.2) is 0 Å². The van der Waals surface area contributed by atoms with Gasteiger partial charge < -0.3 is 10.4 Å². The van der Waals surface area contributed by atoms with Crippen LogP contribution in [0.3, 0.4) is 0 Å². The average Bonchev–Trinajstić information content (AvgIpc) is 2.28. The molecule has 0 amide bonds. The first-order valence-corrected chi connectivity index (χ1v) is 5.65. The van der Waals surface area contributed by atoms with Gasteiger partial charge in [-0.15, -0.1) is 0 Å². The molecule has 2 atom stereocenters. The third kappa shape index (κ3) is 3.29. The normalized spacial score (nSPS) is 26.5. The number of aromatic nitrogens is 1. The molecule has 0 radical (unpaired) electrons. The quantitative estimate of drug-likeness (QED) is 0.787. The van der Waals surface area contributed by atoms with Gasteiger partial charge in [-0.05, 0) is 43.4 Å². The first-order valence-electron chi connectivity index (χ1n) is 5.65. The zero-order chi connectivity index (χ0) is 10.5. The molecule has 2 unspecified atom stereocenters. The summed E-state index contributed by atoms with van der Waals surface area (Å²) in [4.78, 5) is 3.98. The van der Waals surface area contributed by atoms with Crippen molar-refractivity contribution in [2.24, 2.45) is 0 Å². The number of aliphatic hydroxyl groups is 1. The van der Waals surface area contributed by atoms with Gasteiger partial charge >= 0.3 is 0 Å². The minimum atomic E-state index is -0.103. The summed E-state index contributed by atoms with van der Waals surface area (Å²) in [6, 6.07) is 4.51. The molecule has 15 heavy (non-hydrogen) atoms. The molecule has 0 spiro atoms. The van der Waals surface area contributed by atoms with E-state index >= 15 is 0 Å². The number of pyridine rings is 1. The molecule has 3 heteroatoms. The van der Waals surface area contributed by atoms with Crippen molar-refractivity contribution in [1.82, 2.24) is 10.3 Å². The van der Waals surface area contributed by atoms with E-state index in [0.717, 1.165) is 25.8 Å². The Morgan fingerprint density at radius 1 is 1.33 bits per heavy atom. The third-order valence-electron chi connectivity index (χ3n) is 2.99. The molecule has 1 heterocycles. The van der Waals surface area contributed by atoms with Crippen LogP contribution in [0, 0.1) is 0 Å². The number of nitrogens with one attached hydrogen (secondary N) is 1. The molecule has 82 valence electrons. The lowest BCUT2D eigenvalue weighted by Gasteiger charge is -2.26. The predicted molar refractivity (Wildman–Crippen MR) is 59.3 cm³/mol. The van der Waals surface area contributed by atoms with Gasteiger partial charge in [-0.3, -0.25) is 4.98 Å². The Labute approximate surface area is 90.5 Å². The maximum atomic E-state index is 9.53. The molecular weight excluding hydrogens is 188 g/mol. The second-order valence-corrected chi connectivity index (χ2v) is 4.25. The van der Waals surface area contributed by atoms with E-state index in [-0.39, 0.29) is 6.10 Å². The van der Waals surface area contributed by atoms with Gasteiger partial charge in [0.1, 0.15) is 0 Å². The number of aliphatic hydroxyl groups excluding tert-OH is 1. The van der Waals surface area contributed by atoms with Gasteiger partial charge in [0.25, 0.3) is 0 Å². The zero-order valence-corrected chi connectivity index (χ0v) is 8.89. The Morgan fingerprint density at radius 3 is 2.87 bits per heavy atom. The highest BCUT2D eigenvalue weighted by atomic mass is 16.3. The molecule has 2 rings (SSSR count). The molecule has 1 saturated carbocycles. The van der Waals surface area contributed by atoms with Crippen LogP contribution in [0.2, 0.25) is 0 Å². The lowest BCUT2D eigenvalue weighted by atomic mass is 9.93. The largest absolute Gasteiger partial charge is 0.393 e. The highest BCUT2D eigenvalue weighted by Crippen LogP contribution is 2.18. The van der Waals surface area contributed by atoms with E-state index in [0.29, 0.717) is 6.04 Å². The van der Waals surface area contributed by atoms with Crippen molar-refractivity contribution in [2.45, 2.75) is 44.4 Å². The zero-order valence-electron chi connectivity index (χ0n) is 8.89. The van der Waals surface area contributed by atoms with Crippen molar-refractivity contribution in [3.05, 3.63) is 30.1 Å². The summed E-state index contributed by atoms with van der Waals surface area (Å²) < 4.78 is 0. The van der Waals surface area contributed by atoms with Crippen LogP contribution < -0.4 is 5.32 Å². The third-order valence-corrected chi connectivity index (χ3v) is 2.99. The van der Waals surface area contributed by atoms with Crippen molar-refractivity contribution < 1.29 is 5.11 Å². The average molecular weight is 206 g/mol.